The maximum atomic E-state index is 5.86. The summed E-state index contributed by atoms with van der Waals surface area (Å²) >= 11 is 0. The van der Waals surface area contributed by atoms with E-state index >= 15 is 0 Å². The number of nitrogens with zero attached hydrogens (tertiary/aromatic N) is 3. The van der Waals surface area contributed by atoms with Crippen molar-refractivity contribution in [1.29, 1.82) is 0 Å². The fraction of sp³-hybridized carbons (Fsp3) is 0.188. The Morgan fingerprint density at radius 2 is 2.14 bits per heavy atom. The maximum Gasteiger partial charge on any atom is 0.233 e. The molecule has 0 fully saturated rings. The van der Waals surface area contributed by atoms with Crippen molar-refractivity contribution in [3.63, 3.8) is 0 Å². The molecule has 5 heteroatoms. The maximum absolute atomic E-state index is 5.86. The van der Waals surface area contributed by atoms with E-state index in [0.29, 0.717) is 11.7 Å². The molecule has 0 saturated carbocycles. The van der Waals surface area contributed by atoms with Crippen molar-refractivity contribution < 1.29 is 4.52 Å². The van der Waals surface area contributed by atoms with E-state index in [1.54, 1.807) is 6.20 Å². The lowest BCUT2D eigenvalue weighted by Crippen LogP contribution is -2.14. The normalized spacial score (nSPS) is 21.2. The fourth-order valence-electron chi connectivity index (χ4n) is 2.63. The van der Waals surface area contributed by atoms with E-state index in [4.69, 9.17) is 10.3 Å². The van der Waals surface area contributed by atoms with E-state index in [9.17, 15) is 0 Å². The SMILES string of the molecule is NC1C=CC(c2nc(-c3ccc4ncccc4c3)no2)C1. The number of aromatic nitrogens is 3. The molecule has 2 N–H and O–H groups in total. The highest BCUT2D eigenvalue weighted by molar-refractivity contribution is 5.82. The van der Waals surface area contributed by atoms with Crippen LogP contribution in [0, 0.1) is 0 Å². The summed E-state index contributed by atoms with van der Waals surface area (Å²) in [5, 5.41) is 5.14. The van der Waals surface area contributed by atoms with Gasteiger partial charge in [-0.3, -0.25) is 4.98 Å². The Hall–Kier alpha value is -2.53. The molecule has 104 valence electrons. The van der Waals surface area contributed by atoms with Gasteiger partial charge in [0.1, 0.15) is 0 Å². The largest absolute Gasteiger partial charge is 0.338 e. The van der Waals surface area contributed by atoms with E-state index < -0.39 is 0 Å². The molecule has 1 aromatic carbocycles. The van der Waals surface area contributed by atoms with Crippen LogP contribution in [-0.2, 0) is 0 Å². The summed E-state index contributed by atoms with van der Waals surface area (Å²) in [7, 11) is 0. The van der Waals surface area contributed by atoms with Crippen LogP contribution in [0.5, 0.6) is 0 Å². The van der Waals surface area contributed by atoms with Crippen molar-refractivity contribution in [3.05, 3.63) is 54.6 Å². The number of pyridine rings is 1. The number of hydrogen-bond donors (Lipinski definition) is 1. The van der Waals surface area contributed by atoms with Gasteiger partial charge in [0.25, 0.3) is 0 Å². The molecule has 2 aromatic heterocycles. The zero-order valence-corrected chi connectivity index (χ0v) is 11.3. The van der Waals surface area contributed by atoms with Gasteiger partial charge in [-0.25, -0.2) is 0 Å². The second-order valence-electron chi connectivity index (χ2n) is 5.26. The summed E-state index contributed by atoms with van der Waals surface area (Å²) in [5.41, 5.74) is 7.74. The van der Waals surface area contributed by atoms with Gasteiger partial charge >= 0.3 is 0 Å². The molecule has 0 saturated heterocycles. The highest BCUT2D eigenvalue weighted by atomic mass is 16.5. The molecule has 1 aliphatic rings. The van der Waals surface area contributed by atoms with Crippen molar-refractivity contribution in [3.8, 4) is 11.4 Å². The van der Waals surface area contributed by atoms with Crippen LogP contribution in [0.4, 0.5) is 0 Å². The van der Waals surface area contributed by atoms with Gasteiger partial charge in [0, 0.05) is 23.2 Å². The zero-order valence-electron chi connectivity index (χ0n) is 11.3. The monoisotopic (exact) mass is 278 g/mol. The number of hydrogen-bond acceptors (Lipinski definition) is 5. The molecule has 4 rings (SSSR count). The van der Waals surface area contributed by atoms with Gasteiger partial charge in [-0.1, -0.05) is 23.4 Å². The van der Waals surface area contributed by atoms with Gasteiger partial charge in [0.2, 0.25) is 11.7 Å². The Bertz CT molecular complexity index is 824. The molecule has 2 atom stereocenters. The van der Waals surface area contributed by atoms with Crippen LogP contribution in [0.15, 0.2) is 53.2 Å². The highest BCUT2D eigenvalue weighted by Crippen LogP contribution is 2.28. The van der Waals surface area contributed by atoms with Crippen molar-refractivity contribution in [1.82, 2.24) is 15.1 Å². The van der Waals surface area contributed by atoms with Gasteiger partial charge in [-0.05, 0) is 30.7 Å². The van der Waals surface area contributed by atoms with Crippen LogP contribution in [0.25, 0.3) is 22.3 Å². The lowest BCUT2D eigenvalue weighted by molar-refractivity contribution is 0.365. The molecule has 21 heavy (non-hydrogen) atoms. The van der Waals surface area contributed by atoms with Gasteiger partial charge in [-0.2, -0.15) is 4.98 Å². The summed E-state index contributed by atoms with van der Waals surface area (Å²) in [5.74, 6) is 1.36. The molecule has 0 bridgehead atoms. The lowest BCUT2D eigenvalue weighted by Gasteiger charge is -2.02. The second-order valence-corrected chi connectivity index (χ2v) is 5.26. The first kappa shape index (κ1) is 12.2. The van der Waals surface area contributed by atoms with Gasteiger partial charge < -0.3 is 10.3 Å². The molecule has 0 aliphatic heterocycles. The topological polar surface area (TPSA) is 77.8 Å². The van der Waals surface area contributed by atoms with E-state index in [0.717, 1.165) is 22.9 Å². The molecular weight excluding hydrogens is 264 g/mol. The minimum Gasteiger partial charge on any atom is -0.338 e. The van der Waals surface area contributed by atoms with Crippen molar-refractivity contribution >= 4 is 10.9 Å². The van der Waals surface area contributed by atoms with E-state index in [1.807, 2.05) is 42.5 Å². The van der Waals surface area contributed by atoms with Crippen LogP contribution >= 0.6 is 0 Å². The van der Waals surface area contributed by atoms with Crippen LogP contribution in [0.1, 0.15) is 18.2 Å². The Morgan fingerprint density at radius 3 is 3.00 bits per heavy atom. The molecule has 1 aliphatic carbocycles. The highest BCUT2D eigenvalue weighted by Gasteiger charge is 2.23. The summed E-state index contributed by atoms with van der Waals surface area (Å²) in [6.07, 6.45) is 6.62. The number of nitrogens with two attached hydrogens (primary N) is 1. The number of benzene rings is 1. The quantitative estimate of drug-likeness (QED) is 0.729. The third-order valence-electron chi connectivity index (χ3n) is 3.74. The van der Waals surface area contributed by atoms with Crippen molar-refractivity contribution in [2.75, 3.05) is 0 Å². The predicted molar refractivity (Wildman–Crippen MR) is 79.5 cm³/mol. The minimum absolute atomic E-state index is 0.0806. The van der Waals surface area contributed by atoms with Crippen molar-refractivity contribution in [2.45, 2.75) is 18.4 Å². The van der Waals surface area contributed by atoms with E-state index in [1.165, 1.54) is 0 Å². The number of allylic oxidation sites excluding steroid dienone is 1. The van der Waals surface area contributed by atoms with Gasteiger partial charge in [0.15, 0.2) is 0 Å². The molecule has 5 nitrogen and oxygen atoms in total. The average Bonchev–Trinajstić information content (AvgIpc) is 3.15. The first-order chi connectivity index (χ1) is 10.3. The first-order valence-electron chi connectivity index (χ1n) is 6.92. The van der Waals surface area contributed by atoms with Crippen LogP contribution in [-0.4, -0.2) is 21.2 Å². The summed E-state index contributed by atoms with van der Waals surface area (Å²) in [6, 6.07) is 9.96. The third kappa shape index (κ3) is 2.21. The lowest BCUT2D eigenvalue weighted by atomic mass is 10.1. The Morgan fingerprint density at radius 1 is 1.19 bits per heavy atom. The van der Waals surface area contributed by atoms with Gasteiger partial charge in [0.05, 0.1) is 11.4 Å². The molecule has 0 radical (unpaired) electrons. The smallest absolute Gasteiger partial charge is 0.233 e. The Kier molecular flexibility index (Phi) is 2.79. The fourth-order valence-corrected chi connectivity index (χ4v) is 2.63. The molecule has 2 unspecified atom stereocenters. The van der Waals surface area contributed by atoms with Gasteiger partial charge in [-0.15, -0.1) is 0 Å². The second kappa shape index (κ2) is 4.79. The van der Waals surface area contributed by atoms with Crippen LogP contribution in [0.2, 0.25) is 0 Å². The number of fused-ring (bicyclic) bond motifs is 1. The van der Waals surface area contributed by atoms with Crippen LogP contribution < -0.4 is 5.73 Å². The zero-order chi connectivity index (χ0) is 14.2. The summed E-state index contributed by atoms with van der Waals surface area (Å²) in [4.78, 5) is 8.80. The molecule has 2 heterocycles. The van der Waals surface area contributed by atoms with E-state index in [2.05, 4.69) is 15.1 Å². The molecule has 3 aromatic rings. The standard InChI is InChI=1S/C16H14N4O/c17-13-5-3-12(9-13)16-19-15(20-21-16)11-4-6-14-10(8-11)2-1-7-18-14/h1-8,12-13H,9,17H2. The predicted octanol–water partition coefficient (Wildman–Crippen LogP) is 2.66. The summed E-state index contributed by atoms with van der Waals surface area (Å²) in [6.45, 7) is 0. The average molecular weight is 278 g/mol. The summed E-state index contributed by atoms with van der Waals surface area (Å²) < 4.78 is 5.38. The third-order valence-corrected chi connectivity index (χ3v) is 3.74. The minimum atomic E-state index is 0.0806. The molecule has 0 amide bonds. The van der Waals surface area contributed by atoms with Crippen molar-refractivity contribution in [2.24, 2.45) is 5.73 Å². The Labute approximate surface area is 121 Å². The molecular formula is C16H14N4O. The molecule has 0 spiro atoms. The number of rotatable bonds is 2. The first-order valence-corrected chi connectivity index (χ1v) is 6.92. The van der Waals surface area contributed by atoms with E-state index in [-0.39, 0.29) is 12.0 Å². The Balaban J connectivity index is 1.69. The van der Waals surface area contributed by atoms with Crippen LogP contribution in [0.3, 0.4) is 0 Å².